The number of methoxy groups -OCH3 is 1. The van der Waals surface area contributed by atoms with Crippen molar-refractivity contribution in [1.29, 1.82) is 0 Å². The van der Waals surface area contributed by atoms with E-state index in [1.807, 2.05) is 67.6 Å². The van der Waals surface area contributed by atoms with Crippen LogP contribution in [-0.4, -0.2) is 53.5 Å². The Labute approximate surface area is 235 Å². The molecule has 6 rings (SSSR count). The molecule has 7 atom stereocenters. The highest BCUT2D eigenvalue weighted by atomic mass is 16.5. The van der Waals surface area contributed by atoms with Crippen LogP contribution in [0.25, 0.3) is 0 Å². The van der Waals surface area contributed by atoms with E-state index < -0.39 is 29.6 Å². The van der Waals surface area contributed by atoms with Gasteiger partial charge in [0.05, 0.1) is 31.6 Å². The highest BCUT2D eigenvalue weighted by Crippen LogP contribution is 2.55. The molecule has 2 aromatic carbocycles. The Balaban J connectivity index is 1.35. The average Bonchev–Trinajstić information content (AvgIpc) is 3.58. The number of nitrogens with one attached hydrogen (secondary N) is 2. The number of fused-ring (bicyclic) bond motifs is 1. The van der Waals surface area contributed by atoms with Gasteiger partial charge in [0, 0.05) is 17.3 Å². The largest absolute Gasteiger partial charge is 0.496 e. The van der Waals surface area contributed by atoms with Gasteiger partial charge in [0.2, 0.25) is 17.7 Å². The molecule has 0 unspecified atom stereocenters. The number of ether oxygens (including phenoxy) is 2. The number of carbonyl (C=O) groups is 3. The first kappa shape index (κ1) is 26.6. The zero-order valence-corrected chi connectivity index (χ0v) is 23.3. The molecule has 0 radical (unpaired) electrons. The van der Waals surface area contributed by atoms with Crippen molar-refractivity contribution in [2.45, 2.75) is 69.9 Å². The van der Waals surface area contributed by atoms with Crippen molar-refractivity contribution in [2.24, 2.45) is 17.8 Å². The molecule has 3 fully saturated rings. The van der Waals surface area contributed by atoms with E-state index in [1.165, 1.54) is 0 Å². The molecule has 1 aliphatic carbocycles. The Bertz CT molecular complexity index is 1360. The zero-order chi connectivity index (χ0) is 28.0. The second-order valence-electron chi connectivity index (χ2n) is 11.7. The lowest BCUT2D eigenvalue weighted by molar-refractivity contribution is -0.142. The molecule has 8 heteroatoms. The fourth-order valence-corrected chi connectivity index (χ4v) is 7.20. The topological polar surface area (TPSA) is 97.0 Å². The lowest BCUT2D eigenvalue weighted by atomic mass is 9.74. The lowest BCUT2D eigenvalue weighted by Gasteiger charge is -2.36. The van der Waals surface area contributed by atoms with E-state index in [2.05, 4.69) is 17.6 Å². The van der Waals surface area contributed by atoms with E-state index >= 15 is 0 Å². The summed E-state index contributed by atoms with van der Waals surface area (Å²) in [5.41, 5.74) is 1.27. The van der Waals surface area contributed by atoms with Crippen LogP contribution in [0.3, 0.4) is 0 Å². The molecule has 2 N–H and O–H groups in total. The molecule has 4 aliphatic rings. The maximum atomic E-state index is 14.3. The van der Waals surface area contributed by atoms with Gasteiger partial charge in [-0.05, 0) is 49.4 Å². The molecule has 1 saturated carbocycles. The van der Waals surface area contributed by atoms with Gasteiger partial charge in [-0.25, -0.2) is 0 Å². The second-order valence-corrected chi connectivity index (χ2v) is 11.7. The third kappa shape index (κ3) is 4.38. The van der Waals surface area contributed by atoms with Crippen molar-refractivity contribution in [1.82, 2.24) is 10.2 Å². The Hall–Kier alpha value is -3.65. The van der Waals surface area contributed by atoms with E-state index in [0.717, 1.165) is 36.8 Å². The van der Waals surface area contributed by atoms with Gasteiger partial charge in [-0.3, -0.25) is 14.4 Å². The molecule has 0 aromatic heterocycles. The molecular formula is C32H37N3O5. The fourth-order valence-electron chi connectivity index (χ4n) is 7.20. The van der Waals surface area contributed by atoms with Crippen molar-refractivity contribution in [3.63, 3.8) is 0 Å². The first-order chi connectivity index (χ1) is 19.3. The number of amides is 3. The Morgan fingerprint density at radius 3 is 2.67 bits per heavy atom. The molecule has 2 aromatic rings. The summed E-state index contributed by atoms with van der Waals surface area (Å²) < 4.78 is 12.1. The van der Waals surface area contributed by atoms with Crippen molar-refractivity contribution < 1.29 is 23.9 Å². The maximum absolute atomic E-state index is 14.3. The fraction of sp³-hybridized carbons (Fsp3) is 0.469. The maximum Gasteiger partial charge on any atom is 0.246 e. The first-order valence-electron chi connectivity index (χ1n) is 14.3. The van der Waals surface area contributed by atoms with Gasteiger partial charge in [-0.2, -0.15) is 0 Å². The molecular weight excluding hydrogens is 506 g/mol. The van der Waals surface area contributed by atoms with Crippen LogP contribution in [0.15, 0.2) is 60.7 Å². The van der Waals surface area contributed by atoms with Crippen LogP contribution in [0.1, 0.15) is 43.7 Å². The zero-order valence-electron chi connectivity index (χ0n) is 23.3. The number of carbonyl (C=O) groups excluding carboxylic acids is 3. The Morgan fingerprint density at radius 2 is 1.90 bits per heavy atom. The van der Waals surface area contributed by atoms with Gasteiger partial charge in [0.1, 0.15) is 17.4 Å². The number of para-hydroxylation sites is 1. The number of hydrogen-bond acceptors (Lipinski definition) is 5. The van der Waals surface area contributed by atoms with Gasteiger partial charge >= 0.3 is 0 Å². The van der Waals surface area contributed by atoms with E-state index in [-0.39, 0.29) is 30.3 Å². The predicted molar refractivity (Wildman–Crippen MR) is 150 cm³/mol. The van der Waals surface area contributed by atoms with Crippen LogP contribution in [-0.2, 0) is 25.7 Å². The molecule has 2 bridgehead atoms. The summed E-state index contributed by atoms with van der Waals surface area (Å²) in [5.74, 6) is -1.31. The van der Waals surface area contributed by atoms with Crippen LogP contribution in [0.2, 0.25) is 0 Å². The van der Waals surface area contributed by atoms with Crippen LogP contribution in [0, 0.1) is 24.7 Å². The monoisotopic (exact) mass is 543 g/mol. The number of hydrogen-bond donors (Lipinski definition) is 2. The number of anilines is 1. The summed E-state index contributed by atoms with van der Waals surface area (Å²) in [4.78, 5) is 43.7. The van der Waals surface area contributed by atoms with Gasteiger partial charge in [-0.1, -0.05) is 62.2 Å². The van der Waals surface area contributed by atoms with E-state index in [4.69, 9.17) is 9.47 Å². The highest BCUT2D eigenvalue weighted by Gasteiger charge is 2.72. The van der Waals surface area contributed by atoms with Crippen molar-refractivity contribution in [3.05, 3.63) is 71.8 Å². The van der Waals surface area contributed by atoms with Crippen molar-refractivity contribution in [3.8, 4) is 5.75 Å². The first-order valence-corrected chi connectivity index (χ1v) is 14.3. The SMILES string of the molecule is COc1ccccc1CN1C(=O)[C@H]2[C@H](C(=O)Nc3cccc(C)c3)[C@H]3C=C[C@@]2(O3)[C@@H]1C(=O)N[C@H]1CCCC[C@H]1C. The molecule has 1 spiro atoms. The summed E-state index contributed by atoms with van der Waals surface area (Å²) in [6.45, 7) is 4.30. The van der Waals surface area contributed by atoms with Gasteiger partial charge in [-0.15, -0.1) is 0 Å². The number of likely N-dealkylation sites (tertiary alicyclic amines) is 1. The smallest absolute Gasteiger partial charge is 0.246 e. The average molecular weight is 544 g/mol. The van der Waals surface area contributed by atoms with E-state index in [9.17, 15) is 14.4 Å². The summed E-state index contributed by atoms with van der Waals surface area (Å²) in [6.07, 6.45) is 7.33. The molecule has 3 amide bonds. The highest BCUT2D eigenvalue weighted by molar-refractivity contribution is 6.02. The van der Waals surface area contributed by atoms with Crippen LogP contribution in [0.4, 0.5) is 5.69 Å². The summed E-state index contributed by atoms with van der Waals surface area (Å²) in [6, 6.07) is 14.2. The van der Waals surface area contributed by atoms with Crippen molar-refractivity contribution in [2.75, 3.05) is 12.4 Å². The third-order valence-electron chi connectivity index (χ3n) is 9.18. The third-order valence-corrected chi connectivity index (χ3v) is 9.18. The predicted octanol–water partition coefficient (Wildman–Crippen LogP) is 3.99. The van der Waals surface area contributed by atoms with Crippen molar-refractivity contribution >= 4 is 23.4 Å². The molecule has 2 saturated heterocycles. The van der Waals surface area contributed by atoms with E-state index in [1.54, 1.807) is 12.0 Å². The Morgan fingerprint density at radius 1 is 1.10 bits per heavy atom. The van der Waals surface area contributed by atoms with Crippen LogP contribution >= 0.6 is 0 Å². The number of benzene rings is 2. The minimum absolute atomic E-state index is 0.0444. The van der Waals surface area contributed by atoms with Gasteiger partial charge < -0.3 is 25.0 Å². The standard InChI is InChI=1S/C32H37N3O5/c1-19-9-8-12-22(17-19)33-29(36)26-25-15-16-32(40-25)27(26)31(38)35(18-21-11-5-7-14-24(21)39-3)28(32)30(37)34-23-13-6-4-10-20(23)2/h5,7-9,11-12,14-17,20,23,25-28H,4,6,10,13,18H2,1-3H3,(H,33,36)(H,34,37)/t20-,23+,25-,26-,27-,28+,32+/m1/s1. The normalized spacial score (nSPS) is 32.2. The lowest BCUT2D eigenvalue weighted by Crippen LogP contribution is -2.57. The Kier molecular flexibility index (Phi) is 6.90. The minimum Gasteiger partial charge on any atom is -0.496 e. The molecule has 8 nitrogen and oxygen atoms in total. The van der Waals surface area contributed by atoms with Gasteiger partial charge in [0.15, 0.2) is 0 Å². The van der Waals surface area contributed by atoms with Crippen LogP contribution < -0.4 is 15.4 Å². The van der Waals surface area contributed by atoms with Gasteiger partial charge in [0.25, 0.3) is 0 Å². The summed E-state index contributed by atoms with van der Waals surface area (Å²) in [5, 5.41) is 6.27. The summed E-state index contributed by atoms with van der Waals surface area (Å²) in [7, 11) is 1.59. The molecule has 40 heavy (non-hydrogen) atoms. The molecule has 210 valence electrons. The molecule has 3 aliphatic heterocycles. The quantitative estimate of drug-likeness (QED) is 0.515. The van der Waals surface area contributed by atoms with E-state index in [0.29, 0.717) is 17.4 Å². The minimum atomic E-state index is -1.21. The number of rotatable bonds is 7. The second kappa shape index (κ2) is 10.4. The number of aryl methyl sites for hydroxylation is 1. The summed E-state index contributed by atoms with van der Waals surface area (Å²) >= 11 is 0. The molecule has 3 heterocycles. The number of nitrogens with zero attached hydrogens (tertiary/aromatic N) is 1. The van der Waals surface area contributed by atoms with Crippen LogP contribution in [0.5, 0.6) is 5.75 Å².